The molecule has 5 heteroatoms. The fourth-order valence-electron chi connectivity index (χ4n) is 4.01. The van der Waals surface area contributed by atoms with Crippen LogP contribution < -0.4 is 5.43 Å². The van der Waals surface area contributed by atoms with E-state index in [1.165, 1.54) is 35.0 Å². The van der Waals surface area contributed by atoms with Gasteiger partial charge in [0, 0.05) is 34.6 Å². The van der Waals surface area contributed by atoms with Gasteiger partial charge in [-0.05, 0) is 61.9 Å². The Kier molecular flexibility index (Phi) is 5.49. The summed E-state index contributed by atoms with van der Waals surface area (Å²) < 4.78 is 2.33. The Morgan fingerprint density at radius 2 is 1.86 bits per heavy atom. The van der Waals surface area contributed by atoms with Crippen LogP contribution in [0.4, 0.5) is 0 Å². The monoisotopic (exact) mass is 393 g/mol. The van der Waals surface area contributed by atoms with Gasteiger partial charge in [0.05, 0.1) is 5.71 Å². The molecule has 0 bridgehead atoms. The Morgan fingerprint density at radius 3 is 2.68 bits per heavy atom. The lowest BCUT2D eigenvalue weighted by atomic mass is 9.95. The van der Waals surface area contributed by atoms with Gasteiger partial charge in [0.1, 0.15) is 0 Å². The molecule has 3 aromatic rings. The first-order valence-electron chi connectivity index (χ1n) is 9.81. The summed E-state index contributed by atoms with van der Waals surface area (Å²) in [4.78, 5) is 12.4. The summed E-state index contributed by atoms with van der Waals surface area (Å²) in [6, 6.07) is 16.0. The molecular weight excluding hydrogens is 370 g/mol. The number of rotatable bonds is 5. The molecule has 1 aliphatic carbocycles. The van der Waals surface area contributed by atoms with Gasteiger partial charge in [0.2, 0.25) is 5.91 Å². The number of halogens is 1. The quantitative estimate of drug-likeness (QED) is 0.475. The number of hydrogen-bond donors (Lipinski definition) is 1. The van der Waals surface area contributed by atoms with Crippen LogP contribution >= 0.6 is 11.6 Å². The normalized spacial score (nSPS) is 14.1. The van der Waals surface area contributed by atoms with E-state index in [-0.39, 0.29) is 5.91 Å². The Balaban J connectivity index is 1.45. The van der Waals surface area contributed by atoms with Gasteiger partial charge in [0.15, 0.2) is 0 Å². The molecule has 28 heavy (non-hydrogen) atoms. The summed E-state index contributed by atoms with van der Waals surface area (Å²) in [6.07, 6.45) is 5.11. The molecule has 0 unspecified atom stereocenters. The highest BCUT2D eigenvalue weighted by Crippen LogP contribution is 2.32. The lowest BCUT2D eigenvalue weighted by Crippen LogP contribution is -2.21. The smallest absolute Gasteiger partial charge is 0.241 e. The van der Waals surface area contributed by atoms with E-state index < -0.39 is 0 Å². The number of amides is 1. The summed E-state index contributed by atoms with van der Waals surface area (Å²) in [5, 5.41) is 6.26. The summed E-state index contributed by atoms with van der Waals surface area (Å²) in [5.41, 5.74) is 8.50. The number of carbonyl (C=O) groups is 1. The van der Waals surface area contributed by atoms with Gasteiger partial charge < -0.3 is 4.57 Å². The molecule has 0 saturated carbocycles. The molecule has 0 saturated heterocycles. The highest BCUT2D eigenvalue weighted by atomic mass is 35.5. The molecule has 0 spiro atoms. The fraction of sp³-hybridized carbons (Fsp3) is 0.304. The Hall–Kier alpha value is -2.59. The van der Waals surface area contributed by atoms with Crippen molar-refractivity contribution in [3.8, 4) is 0 Å². The molecule has 1 aromatic heterocycles. The van der Waals surface area contributed by atoms with E-state index in [1.807, 2.05) is 31.2 Å². The van der Waals surface area contributed by atoms with Crippen molar-refractivity contribution in [1.82, 2.24) is 9.99 Å². The summed E-state index contributed by atoms with van der Waals surface area (Å²) in [6.45, 7) is 2.55. The predicted octanol–water partition coefficient (Wildman–Crippen LogP) is 5.10. The number of hydrogen-bond acceptors (Lipinski definition) is 2. The molecule has 1 heterocycles. The highest BCUT2D eigenvalue weighted by Gasteiger charge is 2.19. The second-order valence-corrected chi connectivity index (χ2v) is 7.73. The standard InChI is InChI=1S/C23H24ClN3O/c1-16(17-10-12-18(24)13-11-17)25-26-23(28)14-15-27-21-8-4-2-6-19(21)20-7-3-5-9-22(20)27/h2,4,6,8,10-13H,3,5,7,9,14-15H2,1H3,(H,26,28)/b25-16+. The summed E-state index contributed by atoms with van der Waals surface area (Å²) in [5.74, 6) is -0.0735. The third-order valence-electron chi connectivity index (χ3n) is 5.46. The zero-order valence-corrected chi connectivity index (χ0v) is 16.8. The molecule has 0 atom stereocenters. The number of hydrazone groups is 1. The van der Waals surface area contributed by atoms with Crippen molar-refractivity contribution >= 4 is 34.1 Å². The number of nitrogens with one attached hydrogen (secondary N) is 1. The van der Waals surface area contributed by atoms with Crippen molar-refractivity contribution in [3.05, 3.63) is 70.4 Å². The van der Waals surface area contributed by atoms with Crippen molar-refractivity contribution in [3.63, 3.8) is 0 Å². The number of carbonyl (C=O) groups excluding carboxylic acids is 1. The summed E-state index contributed by atoms with van der Waals surface area (Å²) >= 11 is 5.91. The van der Waals surface area contributed by atoms with E-state index in [0.717, 1.165) is 24.1 Å². The summed E-state index contributed by atoms with van der Waals surface area (Å²) in [7, 11) is 0. The van der Waals surface area contributed by atoms with Gasteiger partial charge in [-0.25, -0.2) is 5.43 Å². The highest BCUT2D eigenvalue weighted by molar-refractivity contribution is 6.30. The average Bonchev–Trinajstić information content (AvgIpc) is 3.05. The maximum Gasteiger partial charge on any atom is 0.241 e. The number of benzene rings is 2. The average molecular weight is 394 g/mol. The van der Waals surface area contributed by atoms with Gasteiger partial charge in [-0.15, -0.1) is 0 Å². The number of aryl methyl sites for hydroxylation is 2. The van der Waals surface area contributed by atoms with Crippen LogP contribution in [-0.2, 0) is 24.2 Å². The maximum atomic E-state index is 12.4. The lowest BCUT2D eigenvalue weighted by molar-refractivity contribution is -0.121. The third kappa shape index (κ3) is 3.83. The Labute approximate surface area is 170 Å². The molecule has 0 aliphatic heterocycles. The molecule has 4 nitrogen and oxygen atoms in total. The first-order valence-corrected chi connectivity index (χ1v) is 10.2. The van der Waals surface area contributed by atoms with Crippen LogP contribution in [0.15, 0.2) is 53.6 Å². The SMILES string of the molecule is C/C(=N\NC(=O)CCn1c2c(c3ccccc31)CCCC2)c1ccc(Cl)cc1. The van der Waals surface area contributed by atoms with E-state index in [2.05, 4.69) is 39.4 Å². The molecule has 144 valence electrons. The van der Waals surface area contributed by atoms with Crippen LogP contribution in [0.3, 0.4) is 0 Å². The van der Waals surface area contributed by atoms with Crippen molar-refractivity contribution in [2.75, 3.05) is 0 Å². The molecule has 1 amide bonds. The third-order valence-corrected chi connectivity index (χ3v) is 5.71. The first-order chi connectivity index (χ1) is 13.6. The second kappa shape index (κ2) is 8.19. The molecule has 4 rings (SSSR count). The van der Waals surface area contributed by atoms with Crippen molar-refractivity contribution in [1.29, 1.82) is 0 Å². The van der Waals surface area contributed by atoms with Crippen LogP contribution in [0.5, 0.6) is 0 Å². The minimum atomic E-state index is -0.0735. The van der Waals surface area contributed by atoms with Gasteiger partial charge >= 0.3 is 0 Å². The molecule has 1 N–H and O–H groups in total. The van der Waals surface area contributed by atoms with E-state index in [4.69, 9.17) is 11.6 Å². The predicted molar refractivity (Wildman–Crippen MR) is 115 cm³/mol. The van der Waals surface area contributed by atoms with E-state index >= 15 is 0 Å². The largest absolute Gasteiger partial charge is 0.344 e. The second-order valence-electron chi connectivity index (χ2n) is 7.29. The van der Waals surface area contributed by atoms with E-state index in [9.17, 15) is 4.79 Å². The van der Waals surface area contributed by atoms with Crippen LogP contribution in [0.1, 0.15) is 43.0 Å². The number of para-hydroxylation sites is 1. The van der Waals surface area contributed by atoms with Gasteiger partial charge in [-0.1, -0.05) is 41.9 Å². The number of nitrogens with zero attached hydrogens (tertiary/aromatic N) is 2. The van der Waals surface area contributed by atoms with Gasteiger partial charge in [0.25, 0.3) is 0 Å². The minimum Gasteiger partial charge on any atom is -0.344 e. The molecule has 2 aromatic carbocycles. The van der Waals surface area contributed by atoms with E-state index in [1.54, 1.807) is 0 Å². The zero-order chi connectivity index (χ0) is 19.5. The topological polar surface area (TPSA) is 46.4 Å². The number of aromatic nitrogens is 1. The lowest BCUT2D eigenvalue weighted by Gasteiger charge is -2.15. The molecule has 0 fully saturated rings. The maximum absolute atomic E-state index is 12.4. The molecular formula is C23H24ClN3O. The van der Waals surface area contributed by atoms with Crippen LogP contribution in [0.2, 0.25) is 5.02 Å². The van der Waals surface area contributed by atoms with Crippen LogP contribution in [0.25, 0.3) is 10.9 Å². The van der Waals surface area contributed by atoms with Crippen molar-refractivity contribution < 1.29 is 4.79 Å². The number of fused-ring (bicyclic) bond motifs is 3. The first kappa shape index (κ1) is 18.8. The fourth-order valence-corrected chi connectivity index (χ4v) is 4.14. The van der Waals surface area contributed by atoms with Gasteiger partial charge in [-0.3, -0.25) is 4.79 Å². The molecule has 1 aliphatic rings. The Bertz CT molecular complexity index is 1030. The van der Waals surface area contributed by atoms with Crippen LogP contribution in [-0.4, -0.2) is 16.2 Å². The van der Waals surface area contributed by atoms with Crippen LogP contribution in [0, 0.1) is 0 Å². The van der Waals surface area contributed by atoms with Crippen molar-refractivity contribution in [2.45, 2.75) is 45.6 Å². The molecule has 0 radical (unpaired) electrons. The zero-order valence-electron chi connectivity index (χ0n) is 16.0. The Morgan fingerprint density at radius 1 is 1.11 bits per heavy atom. The van der Waals surface area contributed by atoms with E-state index in [0.29, 0.717) is 18.0 Å². The minimum absolute atomic E-state index is 0.0735. The van der Waals surface area contributed by atoms with Crippen molar-refractivity contribution in [2.24, 2.45) is 5.10 Å². The van der Waals surface area contributed by atoms with Gasteiger partial charge in [-0.2, -0.15) is 5.10 Å².